The molecule has 0 unspecified atom stereocenters. The van der Waals surface area contributed by atoms with E-state index in [9.17, 15) is 4.79 Å². The normalized spacial score (nSPS) is 10.9. The Balaban J connectivity index is 1.07. The number of hydrogen-bond donors (Lipinski definition) is 7. The molecule has 0 amide bonds. The summed E-state index contributed by atoms with van der Waals surface area (Å²) in [5.41, 5.74) is 22.0. The molecule has 7 aromatic rings. The second-order valence-electron chi connectivity index (χ2n) is 10.9. The number of rotatable bonds is 8. The van der Waals surface area contributed by atoms with Gasteiger partial charge in [-0.15, -0.1) is 0 Å². The van der Waals surface area contributed by atoms with E-state index < -0.39 is 0 Å². The Morgan fingerprint density at radius 1 is 0.378 bits per heavy atom. The molecule has 0 atom stereocenters. The molecule has 1 aromatic heterocycles. The highest BCUT2D eigenvalue weighted by molar-refractivity contribution is 5.95. The first-order valence-corrected chi connectivity index (χ1v) is 14.5. The maximum absolute atomic E-state index is 13.4. The highest BCUT2D eigenvalue weighted by atomic mass is 16.1. The summed E-state index contributed by atoms with van der Waals surface area (Å²) in [6.07, 6.45) is 0. The van der Waals surface area contributed by atoms with Crippen LogP contribution in [0.25, 0.3) is 21.8 Å². The van der Waals surface area contributed by atoms with E-state index >= 15 is 0 Å². The van der Waals surface area contributed by atoms with Gasteiger partial charge in [0.25, 0.3) is 0 Å². The molecule has 0 radical (unpaired) electrons. The van der Waals surface area contributed by atoms with Crippen molar-refractivity contribution < 1.29 is 0 Å². The third-order valence-corrected chi connectivity index (χ3v) is 7.54. The number of pyridine rings is 1. The van der Waals surface area contributed by atoms with Crippen LogP contribution in [-0.2, 0) is 0 Å². The summed E-state index contributed by atoms with van der Waals surface area (Å²) >= 11 is 0. The van der Waals surface area contributed by atoms with Crippen molar-refractivity contribution in [2.75, 3.05) is 32.7 Å². The minimum Gasteiger partial charge on any atom is -0.399 e. The largest absolute Gasteiger partial charge is 0.399 e. The van der Waals surface area contributed by atoms with Gasteiger partial charge in [0.1, 0.15) is 0 Å². The lowest BCUT2D eigenvalue weighted by molar-refractivity contribution is 1.46. The van der Waals surface area contributed by atoms with Gasteiger partial charge in [-0.3, -0.25) is 4.79 Å². The molecule has 0 bridgehead atoms. The number of fused-ring (bicyclic) bond motifs is 2. The van der Waals surface area contributed by atoms with Gasteiger partial charge < -0.3 is 37.7 Å². The lowest BCUT2D eigenvalue weighted by Crippen LogP contribution is -2.05. The molecular formula is C37H31N7O. The molecule has 1 heterocycles. The minimum atomic E-state index is -0.00644. The number of aromatic amines is 1. The zero-order valence-electron chi connectivity index (χ0n) is 24.3. The van der Waals surface area contributed by atoms with Crippen molar-refractivity contribution >= 4 is 78.7 Å². The molecule has 0 spiro atoms. The molecule has 8 nitrogen and oxygen atoms in total. The van der Waals surface area contributed by atoms with Crippen LogP contribution in [0.1, 0.15) is 0 Å². The van der Waals surface area contributed by atoms with Crippen LogP contribution in [0.15, 0.2) is 138 Å². The number of anilines is 10. The first-order valence-electron chi connectivity index (χ1n) is 14.5. The molecule has 45 heavy (non-hydrogen) atoms. The predicted octanol–water partition coefficient (Wildman–Crippen LogP) is 8.82. The van der Waals surface area contributed by atoms with E-state index in [4.69, 9.17) is 11.5 Å². The Morgan fingerprint density at radius 2 is 0.644 bits per heavy atom. The first kappa shape index (κ1) is 27.4. The monoisotopic (exact) mass is 589 g/mol. The predicted molar refractivity (Wildman–Crippen MR) is 190 cm³/mol. The summed E-state index contributed by atoms with van der Waals surface area (Å²) in [5.74, 6) is 0. The zero-order chi connectivity index (χ0) is 30.8. The van der Waals surface area contributed by atoms with Gasteiger partial charge in [0.05, 0.1) is 11.0 Å². The maximum atomic E-state index is 13.4. The fraction of sp³-hybridized carbons (Fsp3) is 0. The highest BCUT2D eigenvalue weighted by Gasteiger charge is 2.08. The van der Waals surface area contributed by atoms with Crippen LogP contribution in [0.2, 0.25) is 0 Å². The number of benzene rings is 6. The maximum Gasteiger partial charge on any atom is 0.197 e. The second-order valence-corrected chi connectivity index (χ2v) is 10.9. The quantitative estimate of drug-likeness (QED) is 0.0696. The van der Waals surface area contributed by atoms with Crippen LogP contribution >= 0.6 is 0 Å². The highest BCUT2D eigenvalue weighted by Crippen LogP contribution is 2.27. The first-order chi connectivity index (χ1) is 21.9. The standard InChI is InChI=1S/C37H31N7O/c38-23-1-5-25(6-2-23)40-27-9-13-29(14-10-27)42-31-17-19-33-35(21-31)44-36-22-32(18-20-34(36)37(33)45)43-30-15-11-28(12-16-30)41-26-7-3-24(39)4-8-26/h1-22,40-43H,38-39H2,(H,44,45). The molecule has 0 aliphatic heterocycles. The molecule has 0 saturated carbocycles. The molecule has 7 rings (SSSR count). The van der Waals surface area contributed by atoms with Gasteiger partial charge in [0.15, 0.2) is 5.43 Å². The van der Waals surface area contributed by atoms with Crippen LogP contribution in [0, 0.1) is 0 Å². The number of nitrogen functional groups attached to an aromatic ring is 2. The third kappa shape index (κ3) is 6.21. The van der Waals surface area contributed by atoms with Crippen molar-refractivity contribution in [2.45, 2.75) is 0 Å². The molecule has 0 aliphatic carbocycles. The summed E-state index contributed by atoms with van der Waals surface area (Å²) in [6.45, 7) is 0. The molecule has 0 aliphatic rings. The van der Waals surface area contributed by atoms with Gasteiger partial charge in [-0.05, 0) is 133 Å². The summed E-state index contributed by atoms with van der Waals surface area (Å²) in [5, 5.41) is 14.9. The molecule has 6 aromatic carbocycles. The fourth-order valence-corrected chi connectivity index (χ4v) is 5.21. The molecule has 0 saturated heterocycles. The average molecular weight is 590 g/mol. The van der Waals surface area contributed by atoms with Crippen molar-refractivity contribution in [1.82, 2.24) is 4.98 Å². The lowest BCUT2D eigenvalue weighted by atomic mass is 10.1. The third-order valence-electron chi connectivity index (χ3n) is 7.54. The van der Waals surface area contributed by atoms with E-state index in [2.05, 4.69) is 26.3 Å². The average Bonchev–Trinajstić information content (AvgIpc) is 3.05. The van der Waals surface area contributed by atoms with E-state index in [1.807, 2.05) is 133 Å². The fourth-order valence-electron chi connectivity index (χ4n) is 5.21. The Labute approximate surface area is 259 Å². The summed E-state index contributed by atoms with van der Waals surface area (Å²) in [6, 6.07) is 42.8. The van der Waals surface area contributed by atoms with Gasteiger partial charge in [-0.2, -0.15) is 0 Å². The zero-order valence-corrected chi connectivity index (χ0v) is 24.3. The van der Waals surface area contributed by atoms with Crippen molar-refractivity contribution in [1.29, 1.82) is 0 Å². The molecule has 220 valence electrons. The van der Waals surface area contributed by atoms with Crippen LogP contribution in [-0.4, -0.2) is 4.98 Å². The van der Waals surface area contributed by atoms with Crippen LogP contribution in [0.3, 0.4) is 0 Å². The summed E-state index contributed by atoms with van der Waals surface area (Å²) in [4.78, 5) is 16.8. The van der Waals surface area contributed by atoms with E-state index in [-0.39, 0.29) is 5.43 Å². The van der Waals surface area contributed by atoms with E-state index in [0.717, 1.165) is 67.9 Å². The van der Waals surface area contributed by atoms with Crippen LogP contribution in [0.5, 0.6) is 0 Å². The molecular weight excluding hydrogens is 558 g/mol. The van der Waals surface area contributed by atoms with Gasteiger partial charge in [-0.25, -0.2) is 0 Å². The smallest absolute Gasteiger partial charge is 0.197 e. The van der Waals surface area contributed by atoms with E-state index in [1.165, 1.54) is 0 Å². The van der Waals surface area contributed by atoms with Crippen LogP contribution in [0.4, 0.5) is 56.9 Å². The van der Waals surface area contributed by atoms with Crippen molar-refractivity contribution in [3.05, 3.63) is 144 Å². The number of aromatic nitrogens is 1. The lowest BCUT2D eigenvalue weighted by Gasteiger charge is -2.12. The number of H-pyrrole nitrogens is 1. The van der Waals surface area contributed by atoms with Gasteiger partial charge >= 0.3 is 0 Å². The van der Waals surface area contributed by atoms with Crippen molar-refractivity contribution in [3.8, 4) is 0 Å². The van der Waals surface area contributed by atoms with E-state index in [1.54, 1.807) is 0 Å². The SMILES string of the molecule is Nc1ccc(Nc2ccc(Nc3ccc4c(=O)c5ccc(Nc6ccc(Nc7ccc(N)cc7)cc6)cc5[nH]c4c3)cc2)cc1. The van der Waals surface area contributed by atoms with Gasteiger partial charge in [-0.1, -0.05) is 0 Å². The van der Waals surface area contributed by atoms with Crippen LogP contribution < -0.4 is 38.2 Å². The van der Waals surface area contributed by atoms with Gasteiger partial charge in [0.2, 0.25) is 0 Å². The topological polar surface area (TPSA) is 133 Å². The number of hydrogen-bond acceptors (Lipinski definition) is 7. The van der Waals surface area contributed by atoms with Crippen molar-refractivity contribution in [3.63, 3.8) is 0 Å². The molecule has 8 heteroatoms. The molecule has 0 fully saturated rings. The summed E-state index contributed by atoms with van der Waals surface area (Å²) in [7, 11) is 0. The Hall–Kier alpha value is -6.41. The van der Waals surface area contributed by atoms with Crippen molar-refractivity contribution in [2.24, 2.45) is 0 Å². The second kappa shape index (κ2) is 11.7. The Morgan fingerprint density at radius 3 is 0.978 bits per heavy atom. The minimum absolute atomic E-state index is 0.00644. The Kier molecular flexibility index (Phi) is 7.13. The number of nitrogens with two attached hydrogens (primary N) is 2. The Bertz CT molecular complexity index is 2020. The number of nitrogens with one attached hydrogen (secondary N) is 5. The molecule has 9 N–H and O–H groups in total. The summed E-state index contributed by atoms with van der Waals surface area (Å²) < 4.78 is 0. The van der Waals surface area contributed by atoms with Gasteiger partial charge in [0, 0.05) is 67.6 Å². The van der Waals surface area contributed by atoms with E-state index in [0.29, 0.717) is 10.8 Å².